The predicted molar refractivity (Wildman–Crippen MR) is 118 cm³/mol. The van der Waals surface area contributed by atoms with Gasteiger partial charge in [-0.2, -0.15) is 0 Å². The van der Waals surface area contributed by atoms with Crippen LogP contribution in [0.4, 0.5) is 13.6 Å². The maximum atomic E-state index is 14.3. The van der Waals surface area contributed by atoms with E-state index in [1.54, 1.807) is 4.90 Å². The highest BCUT2D eigenvalue weighted by atomic mass is 19.1. The number of rotatable bonds is 5. The van der Waals surface area contributed by atoms with Crippen molar-refractivity contribution in [2.45, 2.75) is 38.9 Å². The number of hydrogen-bond donors (Lipinski definition) is 2. The molecule has 2 aromatic carbocycles. The summed E-state index contributed by atoms with van der Waals surface area (Å²) >= 11 is 0. The van der Waals surface area contributed by atoms with Crippen LogP contribution in [-0.2, 0) is 13.1 Å². The molecular weight excluding hydrogens is 398 g/mol. The molecule has 3 aromatic rings. The second-order valence-electron chi connectivity index (χ2n) is 8.43. The lowest BCUT2D eigenvalue weighted by Crippen LogP contribution is -2.49. The van der Waals surface area contributed by atoms with E-state index in [4.69, 9.17) is 0 Å². The summed E-state index contributed by atoms with van der Waals surface area (Å²) in [5.74, 6) is -1.24. The molecule has 1 aromatic heterocycles. The summed E-state index contributed by atoms with van der Waals surface area (Å²) in [5, 5.41) is 4.10. The summed E-state index contributed by atoms with van der Waals surface area (Å²) in [6.45, 7) is 4.26. The fourth-order valence-corrected chi connectivity index (χ4v) is 4.22. The molecule has 0 spiro atoms. The molecule has 0 saturated carbocycles. The lowest BCUT2D eigenvalue weighted by Gasteiger charge is -2.37. The van der Waals surface area contributed by atoms with Crippen LogP contribution in [-0.4, -0.2) is 47.0 Å². The third kappa shape index (κ3) is 5.05. The maximum Gasteiger partial charge on any atom is 0.318 e. The molecule has 0 atom stereocenters. The Hall–Kier alpha value is -2.93. The molecule has 1 aliphatic heterocycles. The molecule has 4 rings (SSSR count). The summed E-state index contributed by atoms with van der Waals surface area (Å²) in [6.07, 6.45) is 1.64. The number of urea groups is 1. The van der Waals surface area contributed by atoms with Crippen LogP contribution in [0.15, 0.2) is 42.5 Å². The van der Waals surface area contributed by atoms with Crippen LogP contribution in [0.25, 0.3) is 10.9 Å². The summed E-state index contributed by atoms with van der Waals surface area (Å²) in [5.41, 5.74) is 3.47. The number of fused-ring (bicyclic) bond motifs is 1. The van der Waals surface area contributed by atoms with Crippen LogP contribution in [0.2, 0.25) is 0 Å². The van der Waals surface area contributed by atoms with Gasteiger partial charge in [0.15, 0.2) is 0 Å². The number of likely N-dealkylation sites (tertiary alicyclic amines) is 1. The van der Waals surface area contributed by atoms with E-state index in [2.05, 4.69) is 34.4 Å². The van der Waals surface area contributed by atoms with Crippen molar-refractivity contribution in [2.75, 3.05) is 20.1 Å². The molecule has 0 radical (unpaired) electrons. The Morgan fingerprint density at radius 3 is 2.68 bits per heavy atom. The summed E-state index contributed by atoms with van der Waals surface area (Å²) in [7, 11) is 2.05. The molecular formula is C24H28F2N4O. The van der Waals surface area contributed by atoms with Crippen molar-refractivity contribution < 1.29 is 13.6 Å². The van der Waals surface area contributed by atoms with Crippen molar-refractivity contribution in [3.63, 3.8) is 0 Å². The second-order valence-corrected chi connectivity index (χ2v) is 8.43. The highest BCUT2D eigenvalue weighted by Gasteiger charge is 2.27. The molecule has 7 heteroatoms. The Labute approximate surface area is 181 Å². The fraction of sp³-hybridized carbons (Fsp3) is 0.375. The number of amides is 2. The third-order valence-corrected chi connectivity index (χ3v) is 6.01. The summed E-state index contributed by atoms with van der Waals surface area (Å²) < 4.78 is 27.6. The predicted octanol–water partition coefficient (Wildman–Crippen LogP) is 4.56. The number of carbonyl (C=O) groups is 1. The first-order valence-electron chi connectivity index (χ1n) is 10.6. The Balaban J connectivity index is 1.49. The van der Waals surface area contributed by atoms with Crippen LogP contribution < -0.4 is 5.32 Å². The van der Waals surface area contributed by atoms with E-state index in [0.29, 0.717) is 12.1 Å². The van der Waals surface area contributed by atoms with Gasteiger partial charge in [-0.3, -0.25) is 0 Å². The quantitative estimate of drug-likeness (QED) is 0.628. The number of H-pyrrole nitrogens is 1. The van der Waals surface area contributed by atoms with Gasteiger partial charge in [0, 0.05) is 35.4 Å². The lowest BCUT2D eigenvalue weighted by atomic mass is 10.0. The molecule has 1 aliphatic rings. The van der Waals surface area contributed by atoms with Crippen LogP contribution in [0, 0.1) is 18.6 Å². The number of hydrogen-bond acceptors (Lipinski definition) is 2. The highest BCUT2D eigenvalue weighted by Crippen LogP contribution is 2.21. The largest absolute Gasteiger partial charge is 0.359 e. The molecule has 0 unspecified atom stereocenters. The standard InChI is InChI=1S/C24H28F2N4O/c1-16-11-19-12-17(3-6-23(19)28-16)14-27-24(31)30(21-7-9-29(2)10-8-21)15-18-4-5-20(25)13-22(18)26/h3-6,11-13,21,28H,7-10,14-15H2,1-2H3,(H,27,31). The molecule has 31 heavy (non-hydrogen) atoms. The molecule has 164 valence electrons. The first kappa shape index (κ1) is 21.3. The molecule has 1 saturated heterocycles. The molecule has 2 amide bonds. The van der Waals surface area contributed by atoms with Crippen LogP contribution >= 0.6 is 0 Å². The zero-order valence-corrected chi connectivity index (χ0v) is 17.9. The molecule has 5 nitrogen and oxygen atoms in total. The van der Waals surface area contributed by atoms with Crippen molar-refractivity contribution >= 4 is 16.9 Å². The summed E-state index contributed by atoms with van der Waals surface area (Å²) in [4.78, 5) is 20.4. The van der Waals surface area contributed by atoms with Crippen LogP contribution in [0.5, 0.6) is 0 Å². The second kappa shape index (κ2) is 9.06. The van der Waals surface area contributed by atoms with E-state index in [-0.39, 0.29) is 18.6 Å². The number of halogens is 2. The Morgan fingerprint density at radius 1 is 1.16 bits per heavy atom. The average molecular weight is 427 g/mol. The van der Waals surface area contributed by atoms with E-state index in [1.807, 2.05) is 19.1 Å². The first-order valence-corrected chi connectivity index (χ1v) is 10.6. The van der Waals surface area contributed by atoms with Gasteiger partial charge in [-0.05, 0) is 75.1 Å². The zero-order chi connectivity index (χ0) is 22.0. The maximum absolute atomic E-state index is 14.3. The monoisotopic (exact) mass is 426 g/mol. The minimum atomic E-state index is -0.626. The number of aromatic amines is 1. The zero-order valence-electron chi connectivity index (χ0n) is 17.9. The van der Waals surface area contributed by atoms with Crippen molar-refractivity contribution in [1.29, 1.82) is 0 Å². The number of benzene rings is 2. The molecule has 1 fully saturated rings. The van der Waals surface area contributed by atoms with Gasteiger partial charge in [0.1, 0.15) is 11.6 Å². The SMILES string of the molecule is Cc1cc2cc(CNC(=O)N(Cc3ccc(F)cc3F)C3CCN(C)CC3)ccc2[nH]1. The Morgan fingerprint density at radius 2 is 1.94 bits per heavy atom. The number of nitrogens with zero attached hydrogens (tertiary/aromatic N) is 2. The number of piperidine rings is 1. The Bertz CT molecular complexity index is 1070. The molecule has 0 bridgehead atoms. The third-order valence-electron chi connectivity index (χ3n) is 6.01. The van der Waals surface area contributed by atoms with Gasteiger partial charge in [0.05, 0.1) is 6.54 Å². The molecule has 0 aliphatic carbocycles. The van der Waals surface area contributed by atoms with Crippen molar-refractivity contribution in [3.05, 3.63) is 70.9 Å². The van der Waals surface area contributed by atoms with Crippen molar-refractivity contribution in [3.8, 4) is 0 Å². The smallest absolute Gasteiger partial charge is 0.318 e. The number of aromatic nitrogens is 1. The van der Waals surface area contributed by atoms with Crippen LogP contribution in [0.3, 0.4) is 0 Å². The van der Waals surface area contributed by atoms with E-state index >= 15 is 0 Å². The average Bonchev–Trinajstić information content (AvgIpc) is 3.11. The minimum absolute atomic E-state index is 0.00968. The van der Waals surface area contributed by atoms with Crippen LogP contribution in [0.1, 0.15) is 29.7 Å². The van der Waals surface area contributed by atoms with Gasteiger partial charge in [0.25, 0.3) is 0 Å². The van der Waals surface area contributed by atoms with Gasteiger partial charge in [-0.25, -0.2) is 13.6 Å². The van der Waals surface area contributed by atoms with Crippen molar-refractivity contribution in [2.24, 2.45) is 0 Å². The number of carbonyl (C=O) groups excluding carboxylic acids is 1. The topological polar surface area (TPSA) is 51.4 Å². The van der Waals surface area contributed by atoms with E-state index < -0.39 is 11.6 Å². The van der Waals surface area contributed by atoms with Gasteiger partial charge in [0.2, 0.25) is 0 Å². The number of nitrogens with one attached hydrogen (secondary N) is 2. The van der Waals surface area contributed by atoms with E-state index in [9.17, 15) is 13.6 Å². The highest BCUT2D eigenvalue weighted by molar-refractivity contribution is 5.81. The lowest BCUT2D eigenvalue weighted by molar-refractivity contribution is 0.126. The van der Waals surface area contributed by atoms with Gasteiger partial charge in [-0.1, -0.05) is 12.1 Å². The summed E-state index contributed by atoms with van der Waals surface area (Å²) in [6, 6.07) is 11.4. The van der Waals surface area contributed by atoms with Gasteiger partial charge in [-0.15, -0.1) is 0 Å². The molecule has 2 N–H and O–H groups in total. The number of aryl methyl sites for hydroxylation is 1. The first-order chi connectivity index (χ1) is 14.9. The minimum Gasteiger partial charge on any atom is -0.359 e. The molecule has 2 heterocycles. The van der Waals surface area contributed by atoms with Gasteiger partial charge >= 0.3 is 6.03 Å². The van der Waals surface area contributed by atoms with E-state index in [1.165, 1.54) is 12.1 Å². The van der Waals surface area contributed by atoms with Gasteiger partial charge < -0.3 is 20.1 Å². The Kier molecular flexibility index (Phi) is 6.23. The fourth-order valence-electron chi connectivity index (χ4n) is 4.22. The van der Waals surface area contributed by atoms with E-state index in [0.717, 1.165) is 54.2 Å². The normalized spacial score (nSPS) is 15.4. The van der Waals surface area contributed by atoms with Crippen molar-refractivity contribution in [1.82, 2.24) is 20.1 Å².